The topological polar surface area (TPSA) is 92.8 Å². The third-order valence-corrected chi connectivity index (χ3v) is 7.73. The molecule has 2 aromatic carbocycles. The number of anilines is 1. The number of carbonyl (C=O) groups is 2. The van der Waals surface area contributed by atoms with E-state index in [1.54, 1.807) is 48.5 Å². The number of sulfonamides is 1. The Morgan fingerprint density at radius 2 is 1.81 bits per heavy atom. The van der Waals surface area contributed by atoms with Gasteiger partial charge in [-0.3, -0.25) is 4.79 Å². The minimum Gasteiger partial charge on any atom is -0.462 e. The highest BCUT2D eigenvalue weighted by Gasteiger charge is 2.33. The van der Waals surface area contributed by atoms with Crippen LogP contribution in [0.5, 0.6) is 0 Å². The number of halogens is 1. The van der Waals surface area contributed by atoms with E-state index in [4.69, 9.17) is 4.74 Å². The van der Waals surface area contributed by atoms with E-state index >= 15 is 0 Å². The predicted molar refractivity (Wildman–Crippen MR) is 126 cm³/mol. The lowest BCUT2D eigenvalue weighted by atomic mass is 9.98. The molecular formula is C23H27BrN2O5S. The third-order valence-electron chi connectivity index (χ3n) is 5.33. The average molecular weight is 523 g/mol. The molecule has 3 rings (SSSR count). The van der Waals surface area contributed by atoms with Gasteiger partial charge in [0.15, 0.2) is 0 Å². The number of hydrogen-bond donors (Lipinski definition) is 1. The Hall–Kier alpha value is -2.23. The van der Waals surface area contributed by atoms with Gasteiger partial charge in [-0.2, -0.15) is 4.31 Å². The van der Waals surface area contributed by atoms with Crippen LogP contribution in [0.1, 0.15) is 43.0 Å². The van der Waals surface area contributed by atoms with Gasteiger partial charge in [0, 0.05) is 23.2 Å². The van der Waals surface area contributed by atoms with Crippen LogP contribution in [0.25, 0.3) is 0 Å². The minimum atomic E-state index is -3.66. The molecule has 172 valence electrons. The molecule has 0 saturated carbocycles. The van der Waals surface area contributed by atoms with Crippen LogP contribution in [0, 0.1) is 5.92 Å². The Bertz CT molecular complexity index is 1040. The van der Waals surface area contributed by atoms with E-state index in [-0.39, 0.29) is 17.3 Å². The number of piperidine rings is 1. The molecule has 32 heavy (non-hydrogen) atoms. The molecule has 1 saturated heterocycles. The number of nitrogens with one attached hydrogen (secondary N) is 1. The fourth-order valence-corrected chi connectivity index (χ4v) is 5.25. The van der Waals surface area contributed by atoms with E-state index in [0.29, 0.717) is 37.2 Å². The molecule has 9 heteroatoms. The van der Waals surface area contributed by atoms with Gasteiger partial charge < -0.3 is 10.1 Å². The molecule has 1 heterocycles. The van der Waals surface area contributed by atoms with Crippen LogP contribution >= 0.6 is 15.9 Å². The van der Waals surface area contributed by atoms with E-state index in [2.05, 4.69) is 21.2 Å². The lowest BCUT2D eigenvalue weighted by molar-refractivity contribution is -0.120. The first-order valence-electron chi connectivity index (χ1n) is 10.6. The molecule has 0 spiro atoms. The van der Waals surface area contributed by atoms with Gasteiger partial charge in [-0.15, -0.1) is 0 Å². The van der Waals surface area contributed by atoms with Crippen molar-refractivity contribution in [1.29, 1.82) is 0 Å². The van der Waals surface area contributed by atoms with Gasteiger partial charge in [0.2, 0.25) is 15.9 Å². The Morgan fingerprint density at radius 3 is 2.47 bits per heavy atom. The number of hydrogen-bond acceptors (Lipinski definition) is 5. The molecule has 0 unspecified atom stereocenters. The van der Waals surface area contributed by atoms with Gasteiger partial charge >= 0.3 is 5.97 Å². The second-order valence-electron chi connectivity index (χ2n) is 7.71. The van der Waals surface area contributed by atoms with Crippen molar-refractivity contribution < 1.29 is 22.7 Å². The predicted octanol–water partition coefficient (Wildman–Crippen LogP) is 4.45. The molecule has 1 N–H and O–H groups in total. The molecule has 2 aromatic rings. The molecule has 1 fully saturated rings. The summed E-state index contributed by atoms with van der Waals surface area (Å²) in [5.74, 6) is -1.08. The number of carbonyl (C=O) groups excluding carboxylic acids is 2. The second kappa shape index (κ2) is 11.1. The summed E-state index contributed by atoms with van der Waals surface area (Å²) in [6.45, 7) is 2.92. The second-order valence-corrected chi connectivity index (χ2v) is 10.6. The van der Waals surface area contributed by atoms with Crippen LogP contribution in [-0.2, 0) is 19.6 Å². The van der Waals surface area contributed by atoms with E-state index in [9.17, 15) is 18.0 Å². The molecular weight excluding hydrogens is 496 g/mol. The summed E-state index contributed by atoms with van der Waals surface area (Å²) in [5.41, 5.74) is 0.969. The van der Waals surface area contributed by atoms with Gasteiger partial charge in [-0.25, -0.2) is 13.2 Å². The zero-order valence-electron chi connectivity index (χ0n) is 17.9. The average Bonchev–Trinajstić information content (AvgIpc) is 2.80. The fourth-order valence-electron chi connectivity index (χ4n) is 3.46. The number of nitrogens with zero attached hydrogens (tertiary/aromatic N) is 1. The number of unbranched alkanes of at least 4 members (excludes halogenated alkanes) is 1. The number of esters is 1. The van der Waals surface area contributed by atoms with Crippen molar-refractivity contribution in [2.75, 3.05) is 25.0 Å². The van der Waals surface area contributed by atoms with Crippen molar-refractivity contribution in [3.8, 4) is 0 Å². The van der Waals surface area contributed by atoms with E-state index < -0.39 is 21.9 Å². The number of amides is 1. The van der Waals surface area contributed by atoms with Gasteiger partial charge in [0.25, 0.3) is 0 Å². The maximum atomic E-state index is 13.0. The molecule has 0 aliphatic carbocycles. The van der Waals surface area contributed by atoms with Gasteiger partial charge in [0.1, 0.15) is 0 Å². The third kappa shape index (κ3) is 6.17. The van der Waals surface area contributed by atoms with Crippen LogP contribution in [-0.4, -0.2) is 44.3 Å². The summed E-state index contributed by atoms with van der Waals surface area (Å²) in [6, 6.07) is 13.0. The number of rotatable bonds is 8. The Kier molecular flexibility index (Phi) is 8.44. The highest BCUT2D eigenvalue weighted by Crippen LogP contribution is 2.26. The first-order chi connectivity index (χ1) is 15.3. The van der Waals surface area contributed by atoms with Gasteiger partial charge in [-0.05, 0) is 67.8 Å². The number of benzene rings is 2. The summed E-state index contributed by atoms with van der Waals surface area (Å²) in [4.78, 5) is 25.0. The van der Waals surface area contributed by atoms with Crippen LogP contribution in [0.15, 0.2) is 57.9 Å². The van der Waals surface area contributed by atoms with Crippen molar-refractivity contribution >= 4 is 43.5 Å². The zero-order chi connectivity index (χ0) is 23.1. The summed E-state index contributed by atoms with van der Waals surface area (Å²) < 4.78 is 33.3. The number of ether oxygens (including phenoxy) is 1. The van der Waals surface area contributed by atoms with Crippen LogP contribution in [0.2, 0.25) is 0 Å². The molecule has 1 aliphatic rings. The normalized spacial score (nSPS) is 17.0. The Morgan fingerprint density at radius 1 is 1.12 bits per heavy atom. The van der Waals surface area contributed by atoms with Gasteiger partial charge in [-0.1, -0.05) is 29.3 Å². The Labute approximate surface area is 197 Å². The standard InChI is InChI=1S/C23H27BrN2O5S/c1-2-3-15-31-23(28)17-6-10-20(11-7-17)25-22(27)18-5-4-14-26(16-18)32(29,30)21-12-8-19(24)9-13-21/h6-13,18H,2-5,14-16H2,1H3,(H,25,27)/t18-/m0/s1. The molecule has 1 aliphatic heterocycles. The zero-order valence-corrected chi connectivity index (χ0v) is 20.3. The largest absolute Gasteiger partial charge is 0.462 e. The SMILES string of the molecule is CCCCOC(=O)c1ccc(NC(=O)[C@H]2CCCN(S(=O)(=O)c3ccc(Br)cc3)C2)cc1. The molecule has 7 nitrogen and oxygen atoms in total. The molecule has 0 bridgehead atoms. The fraction of sp³-hybridized carbons (Fsp3) is 0.391. The summed E-state index contributed by atoms with van der Waals surface area (Å²) in [7, 11) is -3.66. The maximum Gasteiger partial charge on any atom is 0.338 e. The van der Waals surface area contributed by atoms with Crippen LogP contribution < -0.4 is 5.32 Å². The van der Waals surface area contributed by atoms with Crippen LogP contribution in [0.4, 0.5) is 5.69 Å². The maximum absolute atomic E-state index is 13.0. The molecule has 1 amide bonds. The summed E-state index contributed by atoms with van der Waals surface area (Å²) in [6.07, 6.45) is 2.98. The Balaban J connectivity index is 1.60. The molecule has 0 aromatic heterocycles. The van der Waals surface area contributed by atoms with Crippen molar-refractivity contribution in [1.82, 2.24) is 4.31 Å². The monoisotopic (exact) mass is 522 g/mol. The summed E-state index contributed by atoms with van der Waals surface area (Å²) in [5, 5.41) is 2.83. The smallest absolute Gasteiger partial charge is 0.338 e. The van der Waals surface area contributed by atoms with E-state index in [0.717, 1.165) is 17.3 Å². The molecule has 1 atom stereocenters. The van der Waals surface area contributed by atoms with Crippen molar-refractivity contribution in [3.05, 3.63) is 58.6 Å². The van der Waals surface area contributed by atoms with E-state index in [1.807, 2.05) is 6.92 Å². The highest BCUT2D eigenvalue weighted by molar-refractivity contribution is 9.10. The quantitative estimate of drug-likeness (QED) is 0.408. The lowest BCUT2D eigenvalue weighted by Gasteiger charge is -2.31. The summed E-state index contributed by atoms with van der Waals surface area (Å²) >= 11 is 3.31. The van der Waals surface area contributed by atoms with Crippen molar-refractivity contribution in [2.45, 2.75) is 37.5 Å². The van der Waals surface area contributed by atoms with E-state index in [1.165, 1.54) is 4.31 Å². The van der Waals surface area contributed by atoms with Gasteiger partial charge in [0.05, 0.1) is 23.0 Å². The lowest BCUT2D eigenvalue weighted by Crippen LogP contribution is -2.43. The molecule has 0 radical (unpaired) electrons. The highest BCUT2D eigenvalue weighted by atomic mass is 79.9. The first-order valence-corrected chi connectivity index (χ1v) is 12.9. The van der Waals surface area contributed by atoms with Crippen molar-refractivity contribution in [2.24, 2.45) is 5.92 Å². The first kappa shape index (κ1) is 24.4. The van der Waals surface area contributed by atoms with Crippen molar-refractivity contribution in [3.63, 3.8) is 0 Å². The minimum absolute atomic E-state index is 0.131. The van der Waals surface area contributed by atoms with Crippen LogP contribution in [0.3, 0.4) is 0 Å².